The Balaban J connectivity index is 0.787. The Kier molecular flexibility index (Phi) is 10.6. The third kappa shape index (κ3) is 7.79. The summed E-state index contributed by atoms with van der Waals surface area (Å²) in [7, 11) is 0. The molecule has 0 aliphatic rings. The van der Waals surface area contributed by atoms with Crippen molar-refractivity contribution in [3.05, 3.63) is 297 Å². The summed E-state index contributed by atoms with van der Waals surface area (Å²) in [5.41, 5.74) is 20.5. The zero-order valence-corrected chi connectivity index (χ0v) is 42.2. The van der Waals surface area contributed by atoms with Gasteiger partial charge in [-0.25, -0.2) is 0 Å². The third-order valence-corrected chi connectivity index (χ3v) is 16.0. The quantitative estimate of drug-likeness (QED) is 0.134. The molecule has 0 unspecified atom stereocenters. The lowest BCUT2D eigenvalue weighted by molar-refractivity contribution is 1.18. The van der Waals surface area contributed by atoms with E-state index in [2.05, 4.69) is 302 Å². The molecule has 0 saturated heterocycles. The summed E-state index contributed by atoms with van der Waals surface area (Å²) in [5.74, 6) is 0. The van der Waals surface area contributed by atoms with Crippen molar-refractivity contribution in [2.45, 2.75) is 0 Å². The van der Waals surface area contributed by atoms with Crippen molar-refractivity contribution in [1.82, 2.24) is 4.57 Å². The number of benzene rings is 14. The molecule has 0 spiro atoms. The van der Waals surface area contributed by atoms with Gasteiger partial charge in [0.2, 0.25) is 0 Å². The zero-order valence-electron chi connectivity index (χ0n) is 42.2. The lowest BCUT2D eigenvalue weighted by atomic mass is 9.93. The Morgan fingerprint density at radius 1 is 0.169 bits per heavy atom. The van der Waals surface area contributed by atoms with Crippen LogP contribution in [0.4, 0.5) is 0 Å². The minimum absolute atomic E-state index is 1.13. The largest absolute Gasteiger partial charge is 0.309 e. The summed E-state index contributed by atoms with van der Waals surface area (Å²) in [6, 6.07) is 110. The number of hydrogen-bond acceptors (Lipinski definition) is 0. The van der Waals surface area contributed by atoms with Gasteiger partial charge in [-0.3, -0.25) is 0 Å². The maximum absolute atomic E-state index is 2.44. The summed E-state index contributed by atoms with van der Waals surface area (Å²) < 4.78 is 2.44. The number of fused-ring (bicyclic) bond motifs is 8. The number of rotatable bonds is 8. The van der Waals surface area contributed by atoms with Gasteiger partial charge in [0.05, 0.1) is 11.0 Å². The van der Waals surface area contributed by atoms with Gasteiger partial charge in [0, 0.05) is 16.5 Å². The minimum Gasteiger partial charge on any atom is -0.309 e. The summed E-state index contributed by atoms with van der Waals surface area (Å²) >= 11 is 0. The molecule has 15 rings (SSSR count). The van der Waals surface area contributed by atoms with Crippen LogP contribution in [0, 0.1) is 0 Å². The van der Waals surface area contributed by atoms with E-state index in [0.29, 0.717) is 0 Å². The first-order valence-corrected chi connectivity index (χ1v) is 26.6. The van der Waals surface area contributed by atoms with Gasteiger partial charge in [-0.1, -0.05) is 255 Å². The SMILES string of the molecule is c1ccc2c(-c3ccc(-c4ccc(-c5ccc6c(c5)c5cc(-c7ccc(-c8ccc(-c9cccc%10ccccc9%10)cc8)cc7)ccc5n6-c5ccc(-c6cc7ccccc7c7ccccc67)cc5)cc4)cc3)cccc2c1. The van der Waals surface area contributed by atoms with Gasteiger partial charge in [-0.2, -0.15) is 0 Å². The lowest BCUT2D eigenvalue weighted by Gasteiger charge is -2.13. The summed E-state index contributed by atoms with van der Waals surface area (Å²) in [6.45, 7) is 0. The van der Waals surface area contributed by atoms with Crippen LogP contribution in [0.1, 0.15) is 0 Å². The second-order valence-corrected chi connectivity index (χ2v) is 20.4. The van der Waals surface area contributed by atoms with E-state index in [4.69, 9.17) is 0 Å². The summed E-state index contributed by atoms with van der Waals surface area (Å²) in [5, 5.41) is 12.6. The second kappa shape index (κ2) is 18.4. The fourth-order valence-electron chi connectivity index (χ4n) is 12.1. The van der Waals surface area contributed by atoms with E-state index in [1.54, 1.807) is 0 Å². The highest BCUT2D eigenvalue weighted by Gasteiger charge is 2.17. The number of aromatic nitrogens is 1. The van der Waals surface area contributed by atoms with Crippen molar-refractivity contribution in [2.24, 2.45) is 0 Å². The van der Waals surface area contributed by atoms with Crippen LogP contribution in [0.2, 0.25) is 0 Å². The van der Waals surface area contributed by atoms with Crippen LogP contribution in [0.25, 0.3) is 148 Å². The van der Waals surface area contributed by atoms with Crippen molar-refractivity contribution in [2.75, 3.05) is 0 Å². The molecule has 0 N–H and O–H groups in total. The fraction of sp³-hybridized carbons (Fsp3) is 0. The molecule has 0 aliphatic carbocycles. The van der Waals surface area contributed by atoms with Crippen LogP contribution < -0.4 is 0 Å². The van der Waals surface area contributed by atoms with Crippen molar-refractivity contribution in [3.63, 3.8) is 0 Å². The van der Waals surface area contributed by atoms with Crippen LogP contribution in [0.15, 0.2) is 297 Å². The smallest absolute Gasteiger partial charge is 0.0541 e. The van der Waals surface area contributed by atoms with E-state index in [9.17, 15) is 0 Å². The molecule has 14 aromatic carbocycles. The molecule has 1 nitrogen and oxygen atoms in total. The highest BCUT2D eigenvalue weighted by Crippen LogP contribution is 2.41. The van der Waals surface area contributed by atoms with E-state index >= 15 is 0 Å². The Labute approximate surface area is 447 Å². The predicted octanol–water partition coefficient (Wildman–Crippen LogP) is 21.1. The topological polar surface area (TPSA) is 4.93 Å². The summed E-state index contributed by atoms with van der Waals surface area (Å²) in [6.07, 6.45) is 0. The molecule has 358 valence electrons. The van der Waals surface area contributed by atoms with Crippen LogP contribution in [-0.2, 0) is 0 Å². The maximum atomic E-state index is 2.44. The Hall–Kier alpha value is -10.1. The first-order chi connectivity index (χ1) is 38.1. The minimum atomic E-state index is 1.13. The molecule has 77 heavy (non-hydrogen) atoms. The molecule has 15 aromatic rings. The monoisotopic (exact) mass is 975 g/mol. The molecule has 1 heterocycles. The maximum Gasteiger partial charge on any atom is 0.0541 e. The molecule has 0 bridgehead atoms. The molecule has 0 aliphatic heterocycles. The van der Waals surface area contributed by atoms with Gasteiger partial charge in [0.1, 0.15) is 0 Å². The Bertz CT molecular complexity index is 4500. The molecular formula is C76H49N. The van der Waals surface area contributed by atoms with E-state index in [-0.39, 0.29) is 0 Å². The molecule has 0 fully saturated rings. The van der Waals surface area contributed by atoms with E-state index in [1.165, 1.54) is 143 Å². The zero-order chi connectivity index (χ0) is 50.8. The van der Waals surface area contributed by atoms with Gasteiger partial charge in [-0.05, 0) is 163 Å². The number of nitrogens with zero attached hydrogens (tertiary/aromatic N) is 1. The van der Waals surface area contributed by atoms with E-state index in [0.717, 1.165) is 5.69 Å². The van der Waals surface area contributed by atoms with Crippen LogP contribution >= 0.6 is 0 Å². The molecule has 0 saturated carbocycles. The average Bonchev–Trinajstić information content (AvgIpc) is 3.93. The highest BCUT2D eigenvalue weighted by atomic mass is 15.0. The Morgan fingerprint density at radius 3 is 0.961 bits per heavy atom. The second-order valence-electron chi connectivity index (χ2n) is 20.4. The van der Waals surface area contributed by atoms with Gasteiger partial charge in [0.15, 0.2) is 0 Å². The molecule has 0 atom stereocenters. The third-order valence-electron chi connectivity index (χ3n) is 16.0. The van der Waals surface area contributed by atoms with Crippen LogP contribution in [0.5, 0.6) is 0 Å². The van der Waals surface area contributed by atoms with Crippen molar-refractivity contribution >= 4 is 64.9 Å². The molecule has 1 heteroatoms. The van der Waals surface area contributed by atoms with Crippen molar-refractivity contribution in [1.29, 1.82) is 0 Å². The molecule has 0 amide bonds. The van der Waals surface area contributed by atoms with E-state index < -0.39 is 0 Å². The van der Waals surface area contributed by atoms with Gasteiger partial charge < -0.3 is 4.57 Å². The first kappa shape index (κ1) is 44.4. The molecular weight excluding hydrogens is 927 g/mol. The highest BCUT2D eigenvalue weighted by molar-refractivity contribution is 6.14. The normalized spacial score (nSPS) is 11.6. The molecule has 0 radical (unpaired) electrons. The van der Waals surface area contributed by atoms with Crippen LogP contribution in [-0.4, -0.2) is 4.57 Å². The predicted molar refractivity (Wildman–Crippen MR) is 329 cm³/mol. The Morgan fingerprint density at radius 2 is 0.494 bits per heavy atom. The standard InChI is InChI=1S/C76H49N/c1-4-16-65-56(11-1)14-9-21-67(65)58-35-31-52(32-36-58)50-23-27-54(28-24-50)61-41-45-75-73(47-61)74-48-62(55-29-25-51(26-30-55)53-33-37-59(38-34-53)68-22-10-15-57-12-2-5-17-66(57)68)42-46-76(74)77(75)64-43-39-60(40-44-64)72-49-63-13-3-6-18-69(63)70-19-7-8-20-71(70)72/h1-49H. The average molecular weight is 976 g/mol. The van der Waals surface area contributed by atoms with Crippen molar-refractivity contribution < 1.29 is 0 Å². The number of hydrogen-bond donors (Lipinski definition) is 0. The first-order valence-electron chi connectivity index (χ1n) is 26.6. The van der Waals surface area contributed by atoms with E-state index in [1.807, 2.05) is 0 Å². The van der Waals surface area contributed by atoms with Gasteiger partial charge in [-0.15, -0.1) is 0 Å². The van der Waals surface area contributed by atoms with Crippen LogP contribution in [0.3, 0.4) is 0 Å². The van der Waals surface area contributed by atoms with Gasteiger partial charge in [0.25, 0.3) is 0 Å². The lowest BCUT2D eigenvalue weighted by Crippen LogP contribution is -1.94. The summed E-state index contributed by atoms with van der Waals surface area (Å²) in [4.78, 5) is 0. The fourth-order valence-corrected chi connectivity index (χ4v) is 12.1. The van der Waals surface area contributed by atoms with Crippen molar-refractivity contribution in [3.8, 4) is 83.6 Å². The van der Waals surface area contributed by atoms with Gasteiger partial charge >= 0.3 is 0 Å². The molecule has 1 aromatic heterocycles.